The summed E-state index contributed by atoms with van der Waals surface area (Å²) in [6, 6.07) is 10.6. The summed E-state index contributed by atoms with van der Waals surface area (Å²) in [6.07, 6.45) is 0. The zero-order valence-corrected chi connectivity index (χ0v) is 14.7. The quantitative estimate of drug-likeness (QED) is 0.691. The van der Waals surface area contributed by atoms with Crippen LogP contribution in [0.15, 0.2) is 51.4 Å². The molecule has 0 saturated heterocycles. The Morgan fingerprint density at radius 1 is 1.30 bits per heavy atom. The third-order valence-electron chi connectivity index (χ3n) is 3.42. The molecule has 0 unspecified atom stereocenters. The Bertz CT molecular complexity index is 1020. The molecule has 0 spiro atoms. The average molecular weight is 368 g/mol. The Balaban J connectivity index is 1.61. The normalized spacial score (nSPS) is 11.0. The number of nitrogens with one attached hydrogen (secondary N) is 1. The molecule has 0 atom stereocenters. The highest BCUT2D eigenvalue weighted by atomic mass is 19.1. The molecule has 2 aromatic heterocycles. The molecule has 0 bridgehead atoms. The van der Waals surface area contributed by atoms with Gasteiger partial charge in [0.05, 0.1) is 6.54 Å². The molecule has 7 heteroatoms. The van der Waals surface area contributed by atoms with Crippen molar-refractivity contribution < 1.29 is 23.2 Å². The Kier molecular flexibility index (Phi) is 5.10. The summed E-state index contributed by atoms with van der Waals surface area (Å²) in [4.78, 5) is 12.1. The van der Waals surface area contributed by atoms with Crippen LogP contribution >= 0.6 is 0 Å². The maximum atomic E-state index is 13.3. The number of aliphatic hydroxyl groups is 1. The number of nitrogens with zero attached hydrogens (tertiary/aromatic N) is 1. The van der Waals surface area contributed by atoms with E-state index in [0.29, 0.717) is 17.0 Å². The van der Waals surface area contributed by atoms with Crippen LogP contribution in [-0.2, 0) is 6.54 Å². The molecule has 6 nitrogen and oxygen atoms in total. The number of amides is 1. The first-order valence-corrected chi connectivity index (χ1v) is 8.15. The second kappa shape index (κ2) is 7.48. The minimum atomic E-state index is -1.15. The molecule has 1 aromatic carbocycles. The van der Waals surface area contributed by atoms with Crippen LogP contribution in [0.2, 0.25) is 0 Å². The van der Waals surface area contributed by atoms with Crippen molar-refractivity contribution in [2.75, 3.05) is 0 Å². The fraction of sp³-hybridized carbons (Fsp3) is 0.200. The summed E-state index contributed by atoms with van der Waals surface area (Å²) in [5, 5.41) is 16.1. The summed E-state index contributed by atoms with van der Waals surface area (Å²) in [7, 11) is 0. The van der Waals surface area contributed by atoms with Crippen LogP contribution in [0.5, 0.6) is 0 Å². The smallest absolute Gasteiger partial charge is 0.287 e. The van der Waals surface area contributed by atoms with Gasteiger partial charge in [0, 0.05) is 11.6 Å². The van der Waals surface area contributed by atoms with Gasteiger partial charge in [-0.1, -0.05) is 23.2 Å². The van der Waals surface area contributed by atoms with E-state index in [1.807, 2.05) is 0 Å². The van der Waals surface area contributed by atoms with Gasteiger partial charge >= 0.3 is 0 Å². The lowest BCUT2D eigenvalue weighted by molar-refractivity contribution is 0.0918. The molecule has 2 N–H and O–H groups in total. The minimum absolute atomic E-state index is 0.0833. The number of halogens is 1. The van der Waals surface area contributed by atoms with Crippen molar-refractivity contribution in [2.45, 2.75) is 26.0 Å². The van der Waals surface area contributed by atoms with Gasteiger partial charge in [0.2, 0.25) is 0 Å². The molecular weight excluding hydrogens is 351 g/mol. The van der Waals surface area contributed by atoms with E-state index in [2.05, 4.69) is 22.3 Å². The van der Waals surface area contributed by atoms with E-state index in [0.717, 1.165) is 0 Å². The molecule has 0 aliphatic carbocycles. The maximum Gasteiger partial charge on any atom is 0.287 e. The first-order chi connectivity index (χ1) is 12.8. The van der Waals surface area contributed by atoms with Crippen LogP contribution in [0.4, 0.5) is 4.39 Å². The maximum absolute atomic E-state index is 13.3. The topological polar surface area (TPSA) is 88.5 Å². The average Bonchev–Trinajstić information content (AvgIpc) is 3.27. The SMILES string of the molecule is CC(C)(O)C#Cc1ccc(C(=O)NCc2cc(-c3cccc(F)c3)no2)o1. The van der Waals surface area contributed by atoms with Gasteiger partial charge < -0.3 is 19.4 Å². The van der Waals surface area contributed by atoms with Gasteiger partial charge in [-0.05, 0) is 44.0 Å². The fourth-order valence-electron chi connectivity index (χ4n) is 2.18. The van der Waals surface area contributed by atoms with Crippen molar-refractivity contribution in [3.8, 4) is 23.1 Å². The molecular formula is C20H17FN2O4. The lowest BCUT2D eigenvalue weighted by atomic mass is 10.1. The highest BCUT2D eigenvalue weighted by molar-refractivity contribution is 5.91. The molecule has 0 fully saturated rings. The number of furan rings is 1. The van der Waals surface area contributed by atoms with E-state index in [1.54, 1.807) is 38.1 Å². The second-order valence-electron chi connectivity index (χ2n) is 6.34. The Morgan fingerprint density at radius 3 is 2.85 bits per heavy atom. The summed E-state index contributed by atoms with van der Waals surface area (Å²) < 4.78 is 23.8. The van der Waals surface area contributed by atoms with Gasteiger partial charge in [-0.15, -0.1) is 0 Å². The number of carbonyl (C=O) groups excluding carboxylic acids is 1. The molecule has 0 aliphatic heterocycles. The number of hydrogen-bond acceptors (Lipinski definition) is 5. The first kappa shape index (κ1) is 18.4. The predicted octanol–water partition coefficient (Wildman–Crippen LogP) is 3.13. The largest absolute Gasteiger partial charge is 0.443 e. The number of aromatic nitrogens is 1. The lowest BCUT2D eigenvalue weighted by Crippen LogP contribution is -2.21. The Hall–Kier alpha value is -3.37. The van der Waals surface area contributed by atoms with Gasteiger partial charge in [-0.25, -0.2) is 4.39 Å². The summed E-state index contributed by atoms with van der Waals surface area (Å²) in [5.41, 5.74) is -0.0979. The number of rotatable bonds is 4. The van der Waals surface area contributed by atoms with E-state index < -0.39 is 11.5 Å². The summed E-state index contributed by atoms with van der Waals surface area (Å²) in [6.45, 7) is 3.19. The van der Waals surface area contributed by atoms with Crippen molar-refractivity contribution in [1.29, 1.82) is 0 Å². The highest BCUT2D eigenvalue weighted by Gasteiger charge is 2.13. The molecule has 0 saturated carbocycles. The van der Waals surface area contributed by atoms with Crippen LogP contribution in [0, 0.1) is 17.7 Å². The van der Waals surface area contributed by atoms with E-state index in [9.17, 15) is 14.3 Å². The molecule has 27 heavy (non-hydrogen) atoms. The van der Waals surface area contributed by atoms with Crippen LogP contribution < -0.4 is 5.32 Å². The van der Waals surface area contributed by atoms with Crippen LogP contribution in [0.3, 0.4) is 0 Å². The molecule has 138 valence electrons. The fourth-order valence-corrected chi connectivity index (χ4v) is 2.18. The van der Waals surface area contributed by atoms with Crippen molar-refractivity contribution in [2.24, 2.45) is 0 Å². The lowest BCUT2D eigenvalue weighted by Gasteiger charge is -2.05. The molecule has 0 aliphatic rings. The summed E-state index contributed by atoms with van der Waals surface area (Å²) in [5.74, 6) is 5.21. The molecule has 0 radical (unpaired) electrons. The van der Waals surface area contributed by atoms with Crippen molar-refractivity contribution in [3.63, 3.8) is 0 Å². The number of benzene rings is 1. The molecule has 3 rings (SSSR count). The van der Waals surface area contributed by atoms with E-state index in [1.165, 1.54) is 18.2 Å². The Labute approximate surface area is 155 Å². The van der Waals surface area contributed by atoms with Gasteiger partial charge in [0.25, 0.3) is 5.91 Å². The monoisotopic (exact) mass is 368 g/mol. The van der Waals surface area contributed by atoms with E-state index in [-0.39, 0.29) is 23.9 Å². The predicted molar refractivity (Wildman–Crippen MR) is 95.0 cm³/mol. The highest BCUT2D eigenvalue weighted by Crippen LogP contribution is 2.20. The van der Waals surface area contributed by atoms with E-state index in [4.69, 9.17) is 8.94 Å². The first-order valence-electron chi connectivity index (χ1n) is 8.15. The van der Waals surface area contributed by atoms with Gasteiger partial charge in [-0.3, -0.25) is 4.79 Å². The van der Waals surface area contributed by atoms with Crippen molar-refractivity contribution in [1.82, 2.24) is 10.5 Å². The van der Waals surface area contributed by atoms with Gasteiger partial charge in [0.1, 0.15) is 17.1 Å². The van der Waals surface area contributed by atoms with Gasteiger partial charge in [-0.2, -0.15) is 0 Å². The molecule has 3 aromatic rings. The van der Waals surface area contributed by atoms with Crippen LogP contribution in [0.25, 0.3) is 11.3 Å². The standard InChI is InChI=1S/C20H17FN2O4/c1-20(2,25)9-8-15-6-7-18(26-15)19(24)22-12-16-11-17(23-27-16)13-4-3-5-14(21)10-13/h3-7,10-11,25H,12H2,1-2H3,(H,22,24). The van der Waals surface area contributed by atoms with Crippen molar-refractivity contribution >= 4 is 5.91 Å². The molecule has 1 amide bonds. The van der Waals surface area contributed by atoms with Crippen LogP contribution in [-0.4, -0.2) is 21.8 Å². The zero-order valence-electron chi connectivity index (χ0n) is 14.7. The third-order valence-corrected chi connectivity index (χ3v) is 3.42. The third kappa shape index (κ3) is 5.06. The summed E-state index contributed by atoms with van der Waals surface area (Å²) >= 11 is 0. The Morgan fingerprint density at radius 2 is 2.11 bits per heavy atom. The van der Waals surface area contributed by atoms with Crippen molar-refractivity contribution in [3.05, 3.63) is 65.6 Å². The molecule has 2 heterocycles. The van der Waals surface area contributed by atoms with E-state index >= 15 is 0 Å². The van der Waals surface area contributed by atoms with Crippen LogP contribution in [0.1, 0.15) is 35.9 Å². The number of hydrogen-bond donors (Lipinski definition) is 2. The number of carbonyl (C=O) groups is 1. The second-order valence-corrected chi connectivity index (χ2v) is 6.34. The van der Waals surface area contributed by atoms with Gasteiger partial charge in [0.15, 0.2) is 17.3 Å². The zero-order chi connectivity index (χ0) is 19.4. The minimum Gasteiger partial charge on any atom is -0.443 e.